The Morgan fingerprint density at radius 3 is 1.98 bits per heavy atom. The molecule has 0 saturated carbocycles. The summed E-state index contributed by atoms with van der Waals surface area (Å²) in [6, 6.07) is 56.8. The molecule has 1 spiro atoms. The lowest BCUT2D eigenvalue weighted by atomic mass is 9.62. The van der Waals surface area contributed by atoms with Gasteiger partial charge >= 0.3 is 0 Å². The molecule has 2 aliphatic rings. The van der Waals surface area contributed by atoms with E-state index in [0.717, 1.165) is 0 Å². The molecule has 2 nitrogen and oxygen atoms in total. The van der Waals surface area contributed by atoms with E-state index in [1.807, 2.05) is 11.8 Å². The summed E-state index contributed by atoms with van der Waals surface area (Å²) in [6.07, 6.45) is 0. The number of hydrogen-bond donors (Lipinski definition) is 0. The van der Waals surface area contributed by atoms with Crippen molar-refractivity contribution in [2.75, 3.05) is 0 Å². The van der Waals surface area contributed by atoms with Gasteiger partial charge in [-0.25, -0.2) is 0 Å². The number of aromatic nitrogens is 2. The predicted octanol–water partition coefficient (Wildman–Crippen LogP) is 11.3. The van der Waals surface area contributed by atoms with Gasteiger partial charge in [-0.15, -0.1) is 0 Å². The SMILES string of the molecule is Cc1ccc(-n2c3ccccc3c3c4c(ccc32)C2(c3ccccc3S4)c3ccccc3-n3c4ccccc4c4cccc2c43)cc1. The summed E-state index contributed by atoms with van der Waals surface area (Å²) in [6.45, 7) is 2.15. The van der Waals surface area contributed by atoms with Crippen LogP contribution in [0.1, 0.15) is 27.8 Å². The third kappa shape index (κ3) is 3.08. The van der Waals surface area contributed by atoms with Gasteiger partial charge in [0.1, 0.15) is 0 Å². The number of hydrogen-bond acceptors (Lipinski definition) is 1. The van der Waals surface area contributed by atoms with Gasteiger partial charge in [-0.05, 0) is 71.6 Å². The number of benzene rings is 7. The van der Waals surface area contributed by atoms with Crippen LogP contribution in [0.15, 0.2) is 161 Å². The van der Waals surface area contributed by atoms with Gasteiger partial charge in [0, 0.05) is 37.0 Å². The number of nitrogens with zero attached hydrogens (tertiary/aromatic N) is 2. The molecule has 0 N–H and O–H groups in total. The van der Waals surface area contributed by atoms with Crippen molar-refractivity contribution in [1.82, 2.24) is 9.13 Å². The Bertz CT molecular complexity index is 2780. The third-order valence-corrected chi connectivity index (χ3v) is 11.8. The van der Waals surface area contributed by atoms with E-state index < -0.39 is 5.41 Å². The van der Waals surface area contributed by atoms with Crippen molar-refractivity contribution in [3.8, 4) is 11.4 Å². The van der Waals surface area contributed by atoms with E-state index in [1.165, 1.54) is 92.6 Å². The average molecular weight is 617 g/mol. The smallest absolute Gasteiger partial charge is 0.0764 e. The zero-order valence-electron chi connectivity index (χ0n) is 25.7. The van der Waals surface area contributed by atoms with Crippen molar-refractivity contribution >= 4 is 55.4 Å². The summed E-state index contributed by atoms with van der Waals surface area (Å²) >= 11 is 1.94. The third-order valence-electron chi connectivity index (χ3n) is 10.6. The lowest BCUT2D eigenvalue weighted by Crippen LogP contribution is -2.37. The lowest BCUT2D eigenvalue weighted by Gasteiger charge is -2.45. The van der Waals surface area contributed by atoms with Crippen molar-refractivity contribution in [1.29, 1.82) is 0 Å². The van der Waals surface area contributed by atoms with Gasteiger partial charge in [0.05, 0.1) is 33.2 Å². The number of rotatable bonds is 1. The van der Waals surface area contributed by atoms with E-state index in [1.54, 1.807) is 0 Å². The van der Waals surface area contributed by atoms with Crippen LogP contribution in [0, 0.1) is 6.92 Å². The maximum atomic E-state index is 2.52. The molecule has 47 heavy (non-hydrogen) atoms. The largest absolute Gasteiger partial charge is 0.309 e. The van der Waals surface area contributed by atoms with Crippen LogP contribution in [0.2, 0.25) is 0 Å². The van der Waals surface area contributed by atoms with Gasteiger partial charge < -0.3 is 9.13 Å². The molecule has 0 aliphatic carbocycles. The molecule has 9 aromatic rings. The monoisotopic (exact) mass is 616 g/mol. The lowest BCUT2D eigenvalue weighted by molar-refractivity contribution is 0.692. The van der Waals surface area contributed by atoms with Crippen LogP contribution in [-0.2, 0) is 5.41 Å². The van der Waals surface area contributed by atoms with E-state index in [0.29, 0.717) is 0 Å². The molecular formula is C44H28N2S. The summed E-state index contributed by atoms with van der Waals surface area (Å²) < 4.78 is 4.97. The first kappa shape index (κ1) is 25.7. The quantitative estimate of drug-likeness (QED) is 0.178. The second kappa shape index (κ2) is 9.06. The van der Waals surface area contributed by atoms with Crippen LogP contribution < -0.4 is 0 Å². The fourth-order valence-corrected chi connectivity index (χ4v) is 10.2. The molecule has 2 aromatic heterocycles. The van der Waals surface area contributed by atoms with Crippen molar-refractivity contribution < 1.29 is 0 Å². The molecule has 0 fully saturated rings. The molecule has 0 amide bonds. The topological polar surface area (TPSA) is 9.86 Å². The second-order valence-corrected chi connectivity index (χ2v) is 14.0. The highest BCUT2D eigenvalue weighted by atomic mass is 32.2. The average Bonchev–Trinajstić information content (AvgIpc) is 3.65. The van der Waals surface area contributed by atoms with Gasteiger partial charge in [-0.3, -0.25) is 0 Å². The van der Waals surface area contributed by atoms with Gasteiger partial charge in [0.25, 0.3) is 0 Å². The maximum Gasteiger partial charge on any atom is 0.0764 e. The fourth-order valence-electron chi connectivity index (χ4n) is 8.81. The Hall–Kier alpha value is -5.51. The van der Waals surface area contributed by atoms with E-state index in [4.69, 9.17) is 0 Å². The van der Waals surface area contributed by atoms with E-state index in [9.17, 15) is 0 Å². The molecule has 2 aliphatic heterocycles. The molecule has 11 rings (SSSR count). The molecule has 220 valence electrons. The van der Waals surface area contributed by atoms with Gasteiger partial charge in [-0.1, -0.05) is 127 Å². The van der Waals surface area contributed by atoms with Gasteiger partial charge in [-0.2, -0.15) is 0 Å². The van der Waals surface area contributed by atoms with Gasteiger partial charge in [0.15, 0.2) is 0 Å². The first-order valence-electron chi connectivity index (χ1n) is 16.3. The highest BCUT2D eigenvalue weighted by Crippen LogP contribution is 2.62. The predicted molar refractivity (Wildman–Crippen MR) is 196 cm³/mol. The zero-order chi connectivity index (χ0) is 30.9. The van der Waals surface area contributed by atoms with Crippen LogP contribution in [0.4, 0.5) is 0 Å². The van der Waals surface area contributed by atoms with Crippen LogP contribution in [0.25, 0.3) is 55.0 Å². The minimum absolute atomic E-state index is 0.487. The number of para-hydroxylation sites is 4. The molecule has 0 bridgehead atoms. The minimum Gasteiger partial charge on any atom is -0.309 e. The molecule has 4 heterocycles. The Kier molecular flexibility index (Phi) is 4.94. The molecule has 1 atom stereocenters. The first-order chi connectivity index (χ1) is 23.2. The first-order valence-corrected chi connectivity index (χ1v) is 17.1. The summed E-state index contributed by atoms with van der Waals surface area (Å²) in [5, 5.41) is 5.22. The molecule has 7 aromatic carbocycles. The summed E-state index contributed by atoms with van der Waals surface area (Å²) in [5.41, 5.74) is 13.7. The van der Waals surface area contributed by atoms with Crippen LogP contribution in [0.5, 0.6) is 0 Å². The van der Waals surface area contributed by atoms with E-state index >= 15 is 0 Å². The zero-order valence-corrected chi connectivity index (χ0v) is 26.6. The highest BCUT2D eigenvalue weighted by Gasteiger charge is 2.49. The number of fused-ring (bicyclic) bond motifs is 15. The van der Waals surface area contributed by atoms with Crippen molar-refractivity contribution in [3.05, 3.63) is 179 Å². The maximum absolute atomic E-state index is 2.52. The molecular weight excluding hydrogens is 589 g/mol. The molecule has 0 radical (unpaired) electrons. The van der Waals surface area contributed by atoms with E-state index in [2.05, 4.69) is 168 Å². The Labute approximate surface area is 276 Å². The van der Waals surface area contributed by atoms with Crippen molar-refractivity contribution in [3.63, 3.8) is 0 Å². The summed E-state index contributed by atoms with van der Waals surface area (Å²) in [5.74, 6) is 0. The van der Waals surface area contributed by atoms with Gasteiger partial charge in [0.2, 0.25) is 0 Å². The molecule has 3 heteroatoms. The Morgan fingerprint density at radius 2 is 1.13 bits per heavy atom. The minimum atomic E-state index is -0.487. The van der Waals surface area contributed by atoms with Crippen molar-refractivity contribution in [2.24, 2.45) is 0 Å². The Balaban J connectivity index is 1.36. The molecule has 0 saturated heterocycles. The summed E-state index contributed by atoms with van der Waals surface area (Å²) in [4.78, 5) is 2.66. The van der Waals surface area contributed by atoms with Crippen molar-refractivity contribution in [2.45, 2.75) is 22.1 Å². The molecule has 1 unspecified atom stereocenters. The highest BCUT2D eigenvalue weighted by molar-refractivity contribution is 7.99. The standard InChI is InChI=1S/C44H28N2S/c1-27-21-23-28(24-22-27)45-37-18-7-3-12-31(37)41-39(45)26-25-35-43(41)47-40-20-9-5-15-33(40)44(35)32-14-4-8-19-38(32)46-36-17-6-2-11-29(36)30-13-10-16-34(44)42(30)46/h2-26H,1H3. The van der Waals surface area contributed by atoms with E-state index in [-0.39, 0.29) is 0 Å². The van der Waals surface area contributed by atoms with Crippen LogP contribution in [0.3, 0.4) is 0 Å². The Morgan fingerprint density at radius 1 is 0.468 bits per heavy atom. The fraction of sp³-hybridized carbons (Fsp3) is 0.0455. The normalized spacial score (nSPS) is 16.2. The summed E-state index contributed by atoms with van der Waals surface area (Å²) in [7, 11) is 0. The number of aryl methyl sites for hydroxylation is 1. The second-order valence-electron chi connectivity index (χ2n) is 12.9. The van der Waals surface area contributed by atoms with Crippen LogP contribution in [-0.4, -0.2) is 9.13 Å². The van der Waals surface area contributed by atoms with Crippen LogP contribution >= 0.6 is 11.8 Å².